The average molecular weight is 613 g/mol. The van der Waals surface area contributed by atoms with Crippen molar-refractivity contribution in [1.82, 2.24) is 10.2 Å². The minimum Gasteiger partial charge on any atom is -0.468 e. The van der Waals surface area contributed by atoms with Crippen molar-refractivity contribution in [2.24, 2.45) is 0 Å². The lowest BCUT2D eigenvalue weighted by molar-refractivity contribution is -0.727. The zero-order valence-corrected chi connectivity index (χ0v) is 26.8. The molecule has 1 saturated heterocycles. The molecule has 1 aromatic carbocycles. The molecule has 2 heterocycles. The van der Waals surface area contributed by atoms with Gasteiger partial charge in [-0.3, -0.25) is 9.59 Å². The fourth-order valence-corrected chi connectivity index (χ4v) is 4.90. The minimum atomic E-state index is -1.03. The van der Waals surface area contributed by atoms with Crippen molar-refractivity contribution in [1.29, 1.82) is 0 Å². The van der Waals surface area contributed by atoms with E-state index < -0.39 is 53.1 Å². The van der Waals surface area contributed by atoms with Gasteiger partial charge in [0.25, 0.3) is 12.6 Å². The molecular formula is C33H46N3O8+. The number of hydrogen-bond donors (Lipinski definition) is 1. The number of nitrogens with zero attached hydrogens (tertiary/aromatic N) is 2. The van der Waals surface area contributed by atoms with Crippen molar-refractivity contribution in [2.45, 2.75) is 96.7 Å². The summed E-state index contributed by atoms with van der Waals surface area (Å²) in [6, 6.07) is 11.1. The lowest BCUT2D eigenvalue weighted by Gasteiger charge is -2.38. The van der Waals surface area contributed by atoms with Crippen molar-refractivity contribution in [2.75, 3.05) is 20.3 Å². The molecule has 11 heteroatoms. The molecule has 0 saturated carbocycles. The highest BCUT2D eigenvalue weighted by molar-refractivity contribution is 5.96. The quantitative estimate of drug-likeness (QED) is 0.241. The molecule has 11 nitrogen and oxygen atoms in total. The number of methoxy groups -OCH3 is 1. The van der Waals surface area contributed by atoms with Gasteiger partial charge >= 0.3 is 18.0 Å². The van der Waals surface area contributed by atoms with E-state index in [4.69, 9.17) is 18.9 Å². The molecule has 2 unspecified atom stereocenters. The van der Waals surface area contributed by atoms with Crippen LogP contribution in [0.2, 0.25) is 0 Å². The van der Waals surface area contributed by atoms with Crippen LogP contribution in [0.5, 0.6) is 0 Å². The Kier molecular flexibility index (Phi) is 11.9. The summed E-state index contributed by atoms with van der Waals surface area (Å²) < 4.78 is 23.6. The van der Waals surface area contributed by atoms with Crippen molar-refractivity contribution in [3.8, 4) is 0 Å². The summed E-state index contributed by atoms with van der Waals surface area (Å²) in [6.07, 6.45) is 4.90. The molecule has 0 bridgehead atoms. The second-order valence-electron chi connectivity index (χ2n) is 12.8. The number of pyridine rings is 1. The third-order valence-corrected chi connectivity index (χ3v) is 6.92. The van der Waals surface area contributed by atoms with Gasteiger partial charge in [-0.05, 0) is 72.4 Å². The van der Waals surface area contributed by atoms with Gasteiger partial charge in [0.05, 0.1) is 25.4 Å². The molecule has 1 fully saturated rings. The third kappa shape index (κ3) is 10.3. The van der Waals surface area contributed by atoms with Crippen LogP contribution in [0, 0.1) is 0 Å². The molecule has 1 N–H and O–H groups in total. The number of carbonyl (C=O) groups excluding carboxylic acids is 4. The summed E-state index contributed by atoms with van der Waals surface area (Å²) in [5, 5.41) is 2.71. The van der Waals surface area contributed by atoms with Crippen LogP contribution >= 0.6 is 0 Å². The highest BCUT2D eigenvalue weighted by Crippen LogP contribution is 2.32. The molecule has 0 aliphatic carbocycles. The van der Waals surface area contributed by atoms with E-state index in [9.17, 15) is 19.2 Å². The summed E-state index contributed by atoms with van der Waals surface area (Å²) >= 11 is 0. The standard InChI is InChI=1S/C33H45N3O8/c1-32(2,3)43-21-25(29(38)44-33(4,5)6)34-28(37)24-16-13-18-35(20-24)22-42-31(40)36-19-12-11-17-26(36)27(30(39)41-7)23-14-9-8-10-15-23/h8-10,13-16,18,20,25-27H,11-12,17,19,21-22H2,1-7H3/p+1/t25?,26-,27?/m1/s1. The molecule has 2 aromatic rings. The topological polar surface area (TPSA) is 124 Å². The molecular weight excluding hydrogens is 566 g/mol. The van der Waals surface area contributed by atoms with Crippen LogP contribution in [0.15, 0.2) is 54.9 Å². The van der Waals surface area contributed by atoms with Gasteiger partial charge in [0.15, 0.2) is 18.4 Å². The average Bonchev–Trinajstić information content (AvgIpc) is 2.97. The molecule has 240 valence electrons. The number of piperidine rings is 1. The number of carbonyl (C=O) groups is 4. The number of nitrogens with one attached hydrogen (secondary N) is 1. The van der Waals surface area contributed by atoms with E-state index in [0.29, 0.717) is 13.0 Å². The number of rotatable bonds is 10. The van der Waals surface area contributed by atoms with E-state index in [2.05, 4.69) is 5.32 Å². The molecule has 3 rings (SSSR count). The zero-order chi connectivity index (χ0) is 32.5. The van der Waals surface area contributed by atoms with Crippen LogP contribution in [0.3, 0.4) is 0 Å². The van der Waals surface area contributed by atoms with Gasteiger partial charge in [-0.25, -0.2) is 9.59 Å². The first-order chi connectivity index (χ1) is 20.7. The number of ether oxygens (including phenoxy) is 4. The summed E-state index contributed by atoms with van der Waals surface area (Å²) in [7, 11) is 1.34. The van der Waals surface area contributed by atoms with Gasteiger partial charge in [0.1, 0.15) is 17.1 Å². The second kappa shape index (κ2) is 15.1. The Morgan fingerprint density at radius 3 is 2.30 bits per heavy atom. The zero-order valence-electron chi connectivity index (χ0n) is 26.8. The highest BCUT2D eigenvalue weighted by Gasteiger charge is 2.39. The SMILES string of the molecule is COC(=O)C(c1ccccc1)[C@H]1CCCCN1C(=O)OC[n+]1cccc(C(=O)NC(COC(C)(C)C)C(=O)OC(C)(C)C)c1. The Morgan fingerprint density at radius 2 is 1.66 bits per heavy atom. The van der Waals surface area contributed by atoms with Crippen LogP contribution in [-0.4, -0.2) is 72.4 Å². The van der Waals surface area contributed by atoms with Crippen molar-refractivity contribution >= 4 is 23.9 Å². The number of aromatic nitrogens is 1. The van der Waals surface area contributed by atoms with Crippen LogP contribution in [-0.2, 0) is 35.3 Å². The largest absolute Gasteiger partial charge is 0.468 e. The minimum absolute atomic E-state index is 0.0683. The predicted octanol–water partition coefficient (Wildman–Crippen LogP) is 4.13. The van der Waals surface area contributed by atoms with Gasteiger partial charge in [-0.15, -0.1) is 0 Å². The monoisotopic (exact) mass is 612 g/mol. The normalized spacial score (nSPS) is 16.8. The number of likely N-dealkylation sites (tertiary alicyclic amines) is 1. The van der Waals surface area contributed by atoms with E-state index in [-0.39, 0.29) is 18.9 Å². The summed E-state index contributed by atoms with van der Waals surface area (Å²) in [4.78, 5) is 53.8. The molecule has 2 amide bonds. The molecule has 1 aromatic heterocycles. The van der Waals surface area contributed by atoms with Crippen molar-refractivity contribution in [3.05, 3.63) is 66.0 Å². The van der Waals surface area contributed by atoms with Crippen molar-refractivity contribution in [3.63, 3.8) is 0 Å². The number of hydrogen-bond acceptors (Lipinski definition) is 8. The van der Waals surface area contributed by atoms with E-state index in [1.54, 1.807) is 48.6 Å². The van der Waals surface area contributed by atoms with Gasteiger partial charge in [0.2, 0.25) is 0 Å². The molecule has 3 atom stereocenters. The molecule has 0 radical (unpaired) electrons. The van der Waals surface area contributed by atoms with Crippen LogP contribution in [0.1, 0.15) is 82.6 Å². The van der Waals surface area contributed by atoms with Gasteiger partial charge in [0, 0.05) is 12.6 Å². The third-order valence-electron chi connectivity index (χ3n) is 6.92. The fraction of sp³-hybridized carbons (Fsp3) is 0.545. The summed E-state index contributed by atoms with van der Waals surface area (Å²) in [5.41, 5.74) is -0.254. The molecule has 0 spiro atoms. The Labute approximate surface area is 259 Å². The lowest BCUT2D eigenvalue weighted by Crippen LogP contribution is -2.50. The summed E-state index contributed by atoms with van der Waals surface area (Å²) in [5.74, 6) is -2.18. The van der Waals surface area contributed by atoms with E-state index in [1.165, 1.54) is 13.3 Å². The molecule has 1 aliphatic rings. The smallest absolute Gasteiger partial charge is 0.414 e. The van der Waals surface area contributed by atoms with Crippen LogP contribution in [0.25, 0.3) is 0 Å². The van der Waals surface area contributed by atoms with E-state index in [0.717, 1.165) is 18.4 Å². The number of esters is 2. The van der Waals surface area contributed by atoms with E-state index >= 15 is 0 Å². The van der Waals surface area contributed by atoms with Crippen molar-refractivity contribution < 1.29 is 42.7 Å². The van der Waals surface area contributed by atoms with Gasteiger partial charge in [-0.2, -0.15) is 4.57 Å². The Balaban J connectivity index is 1.70. The Morgan fingerprint density at radius 1 is 0.955 bits per heavy atom. The van der Waals surface area contributed by atoms with Crippen LogP contribution in [0.4, 0.5) is 4.79 Å². The first-order valence-corrected chi connectivity index (χ1v) is 14.9. The molecule has 1 aliphatic heterocycles. The number of benzene rings is 1. The van der Waals surface area contributed by atoms with Gasteiger partial charge in [-0.1, -0.05) is 30.3 Å². The maximum Gasteiger partial charge on any atom is 0.414 e. The first kappa shape index (κ1) is 34.5. The summed E-state index contributed by atoms with van der Waals surface area (Å²) in [6.45, 7) is 11.0. The predicted molar refractivity (Wildman–Crippen MR) is 161 cm³/mol. The Bertz CT molecular complexity index is 1290. The maximum absolute atomic E-state index is 13.3. The van der Waals surface area contributed by atoms with Gasteiger partial charge < -0.3 is 29.2 Å². The highest BCUT2D eigenvalue weighted by atomic mass is 16.6. The molecule has 44 heavy (non-hydrogen) atoms. The Hall–Kier alpha value is -3.99. The van der Waals surface area contributed by atoms with E-state index in [1.807, 2.05) is 51.1 Å². The van der Waals surface area contributed by atoms with Crippen LogP contribution < -0.4 is 9.88 Å². The fourth-order valence-electron chi connectivity index (χ4n) is 4.90. The lowest BCUT2D eigenvalue weighted by atomic mass is 9.85. The first-order valence-electron chi connectivity index (χ1n) is 14.9. The second-order valence-corrected chi connectivity index (χ2v) is 12.8. The number of amides is 2. The maximum atomic E-state index is 13.3.